The maximum Gasteiger partial charge on any atom is 0.409 e. The molecule has 4 heterocycles. The Morgan fingerprint density at radius 3 is 2.33 bits per heavy atom. The van der Waals surface area contributed by atoms with Gasteiger partial charge in [-0.3, -0.25) is 4.79 Å². The van der Waals surface area contributed by atoms with E-state index in [0.29, 0.717) is 53.9 Å². The summed E-state index contributed by atoms with van der Waals surface area (Å²) < 4.78 is 17.7. The van der Waals surface area contributed by atoms with Crippen LogP contribution in [0.4, 0.5) is 4.79 Å². The van der Waals surface area contributed by atoms with Crippen molar-refractivity contribution in [1.82, 2.24) is 29.3 Å². The Morgan fingerprint density at radius 1 is 1.05 bits per heavy atom. The summed E-state index contributed by atoms with van der Waals surface area (Å²) in [7, 11) is 4.38. The van der Waals surface area contributed by atoms with Gasteiger partial charge in [-0.1, -0.05) is 23.7 Å². The van der Waals surface area contributed by atoms with E-state index in [2.05, 4.69) is 14.5 Å². The Hall–Kier alpha value is -3.86. The quantitative estimate of drug-likeness (QED) is 0.441. The molecule has 39 heavy (non-hydrogen) atoms. The number of hydrogen-bond donors (Lipinski definition) is 0. The zero-order valence-electron chi connectivity index (χ0n) is 22.5. The van der Waals surface area contributed by atoms with Crippen LogP contribution in [0.2, 0.25) is 5.02 Å². The Morgan fingerprint density at radius 2 is 1.74 bits per heavy atom. The van der Waals surface area contributed by atoms with Crippen molar-refractivity contribution in [2.45, 2.75) is 44.8 Å². The topological polar surface area (TPSA) is 112 Å². The molecule has 5 rings (SSSR count). The highest BCUT2D eigenvalue weighted by Crippen LogP contribution is 2.45. The van der Waals surface area contributed by atoms with Crippen molar-refractivity contribution in [2.75, 3.05) is 34.4 Å². The van der Waals surface area contributed by atoms with Crippen LogP contribution < -0.4 is 9.47 Å². The molecule has 2 aromatic heterocycles. The number of carbonyl (C=O) groups is 2. The van der Waals surface area contributed by atoms with Crippen LogP contribution in [0.5, 0.6) is 11.9 Å². The number of benzene rings is 1. The van der Waals surface area contributed by atoms with Crippen molar-refractivity contribution in [3.63, 3.8) is 0 Å². The van der Waals surface area contributed by atoms with Gasteiger partial charge in [0.05, 0.1) is 32.6 Å². The molecule has 0 aliphatic carbocycles. The van der Waals surface area contributed by atoms with Crippen LogP contribution in [-0.2, 0) is 4.74 Å². The molecule has 206 valence electrons. The fourth-order valence-corrected chi connectivity index (χ4v) is 5.63. The van der Waals surface area contributed by atoms with E-state index in [1.165, 1.54) is 21.3 Å². The van der Waals surface area contributed by atoms with Gasteiger partial charge in [-0.05, 0) is 44.4 Å². The molecule has 1 atom stereocenters. The van der Waals surface area contributed by atoms with E-state index in [0.717, 1.165) is 11.3 Å². The van der Waals surface area contributed by atoms with Crippen molar-refractivity contribution in [2.24, 2.45) is 0 Å². The molecular formula is C27H31ClN6O5. The number of nitrogens with zero attached hydrogens (tertiary/aromatic N) is 6. The van der Waals surface area contributed by atoms with E-state index < -0.39 is 6.04 Å². The van der Waals surface area contributed by atoms with E-state index >= 15 is 0 Å². The molecule has 12 heteroatoms. The van der Waals surface area contributed by atoms with E-state index in [9.17, 15) is 9.59 Å². The molecule has 0 saturated carbocycles. The summed E-state index contributed by atoms with van der Waals surface area (Å²) in [5.74, 6) is 0.687. The first kappa shape index (κ1) is 26.7. The molecule has 11 nitrogen and oxygen atoms in total. The van der Waals surface area contributed by atoms with Crippen molar-refractivity contribution < 1.29 is 23.8 Å². The number of fused-ring (bicyclic) bond motifs is 1. The van der Waals surface area contributed by atoms with Gasteiger partial charge in [0.15, 0.2) is 5.69 Å². The molecule has 0 N–H and O–H groups in total. The second-order valence-corrected chi connectivity index (χ2v) is 10.2. The number of ether oxygens (including phenoxy) is 3. The summed E-state index contributed by atoms with van der Waals surface area (Å²) >= 11 is 6.23. The molecule has 0 spiro atoms. The second-order valence-electron chi connectivity index (χ2n) is 9.77. The maximum atomic E-state index is 14.1. The van der Waals surface area contributed by atoms with Gasteiger partial charge in [0.1, 0.15) is 11.9 Å². The number of carbonyl (C=O) groups excluding carboxylic acids is 2. The summed E-state index contributed by atoms with van der Waals surface area (Å²) in [5, 5.41) is 0.611. The van der Waals surface area contributed by atoms with Gasteiger partial charge < -0.3 is 28.6 Å². The van der Waals surface area contributed by atoms with Crippen LogP contribution >= 0.6 is 11.6 Å². The monoisotopic (exact) mass is 554 g/mol. The Kier molecular flexibility index (Phi) is 7.35. The van der Waals surface area contributed by atoms with E-state index in [1.54, 1.807) is 11.1 Å². The van der Waals surface area contributed by atoms with Gasteiger partial charge in [0.25, 0.3) is 5.91 Å². The lowest BCUT2D eigenvalue weighted by Gasteiger charge is -2.39. The highest BCUT2D eigenvalue weighted by Gasteiger charge is 2.47. The summed E-state index contributed by atoms with van der Waals surface area (Å²) in [5.41, 5.74) is 2.66. The minimum Gasteiger partial charge on any atom is -0.480 e. The van der Waals surface area contributed by atoms with Crippen LogP contribution in [0.1, 0.15) is 60.5 Å². The first-order valence-corrected chi connectivity index (χ1v) is 13.1. The van der Waals surface area contributed by atoms with Crippen LogP contribution in [0, 0.1) is 0 Å². The van der Waals surface area contributed by atoms with Crippen LogP contribution in [0.25, 0.3) is 11.4 Å². The smallest absolute Gasteiger partial charge is 0.409 e. The van der Waals surface area contributed by atoms with E-state index in [-0.39, 0.29) is 30.1 Å². The number of imidazole rings is 1. The number of aromatic nitrogens is 4. The van der Waals surface area contributed by atoms with Crippen LogP contribution in [-0.4, -0.2) is 81.8 Å². The van der Waals surface area contributed by atoms with Crippen molar-refractivity contribution in [3.8, 4) is 23.3 Å². The number of likely N-dealkylation sites (tertiary alicyclic amines) is 1. The normalized spacial score (nSPS) is 17.5. The molecule has 2 aliphatic rings. The van der Waals surface area contributed by atoms with Crippen LogP contribution in [0.3, 0.4) is 0 Å². The second kappa shape index (κ2) is 10.7. The van der Waals surface area contributed by atoms with Gasteiger partial charge in [-0.15, -0.1) is 0 Å². The molecule has 2 aliphatic heterocycles. The minimum atomic E-state index is -0.395. The molecule has 0 bridgehead atoms. The predicted molar refractivity (Wildman–Crippen MR) is 143 cm³/mol. The third kappa shape index (κ3) is 4.64. The fourth-order valence-electron chi connectivity index (χ4n) is 5.50. The lowest BCUT2D eigenvalue weighted by molar-refractivity contribution is 0.0517. The third-order valence-corrected chi connectivity index (χ3v) is 7.52. The molecule has 3 aromatic rings. The largest absolute Gasteiger partial charge is 0.480 e. The van der Waals surface area contributed by atoms with Crippen LogP contribution in [0.15, 0.2) is 30.5 Å². The Balaban J connectivity index is 1.63. The molecular weight excluding hydrogens is 524 g/mol. The lowest BCUT2D eigenvalue weighted by atomic mass is 9.98. The number of amides is 2. The maximum absolute atomic E-state index is 14.1. The molecule has 1 unspecified atom stereocenters. The first-order chi connectivity index (χ1) is 18.8. The minimum absolute atomic E-state index is 0.0493. The number of hydrogen-bond acceptors (Lipinski definition) is 8. The molecule has 1 fully saturated rings. The lowest BCUT2D eigenvalue weighted by Crippen LogP contribution is -2.48. The SMILES string of the molecule is COC(=O)N1CCC(N2C(=O)c3nc(-c4cnc(OC)nc4OC)n(C(C)C)c3C2c2ccc(Cl)cc2)CC1. The standard InChI is InChI=1S/C27H31ClN6O5/c1-15(2)33-22-20(30-23(33)19-14-29-26(38-4)31-24(19)37-3)25(35)34(21(22)16-6-8-17(28)9-7-16)18-10-12-32(13-11-18)27(36)39-5/h6-9,14-15,18,21H,10-13H2,1-5H3. The third-order valence-electron chi connectivity index (χ3n) is 7.26. The molecule has 2 amide bonds. The average Bonchev–Trinajstić information content (AvgIpc) is 3.47. The van der Waals surface area contributed by atoms with Crippen molar-refractivity contribution in [3.05, 3.63) is 52.4 Å². The van der Waals surface area contributed by atoms with Gasteiger partial charge in [0.2, 0.25) is 5.88 Å². The fraction of sp³-hybridized carbons (Fsp3) is 0.444. The Bertz CT molecular complexity index is 1380. The highest BCUT2D eigenvalue weighted by molar-refractivity contribution is 6.30. The Labute approximate surface area is 231 Å². The molecule has 0 radical (unpaired) electrons. The zero-order chi connectivity index (χ0) is 27.8. The summed E-state index contributed by atoms with van der Waals surface area (Å²) in [6.45, 7) is 5.09. The summed E-state index contributed by atoms with van der Waals surface area (Å²) in [6, 6.07) is 7.19. The number of rotatable bonds is 6. The highest BCUT2D eigenvalue weighted by atomic mass is 35.5. The predicted octanol–water partition coefficient (Wildman–Crippen LogP) is 4.37. The first-order valence-electron chi connectivity index (χ1n) is 12.8. The summed E-state index contributed by atoms with van der Waals surface area (Å²) in [4.78, 5) is 43.3. The zero-order valence-corrected chi connectivity index (χ0v) is 23.3. The van der Waals surface area contributed by atoms with Crippen molar-refractivity contribution in [1.29, 1.82) is 0 Å². The number of piperidine rings is 1. The van der Waals surface area contributed by atoms with Gasteiger partial charge in [-0.2, -0.15) is 4.98 Å². The molecule has 1 saturated heterocycles. The summed E-state index contributed by atoms with van der Waals surface area (Å²) in [6.07, 6.45) is 2.50. The van der Waals surface area contributed by atoms with E-state index in [1.807, 2.05) is 43.0 Å². The number of methoxy groups -OCH3 is 3. The van der Waals surface area contributed by atoms with Gasteiger partial charge >= 0.3 is 12.1 Å². The van der Waals surface area contributed by atoms with E-state index in [4.69, 9.17) is 30.8 Å². The van der Waals surface area contributed by atoms with Gasteiger partial charge in [0, 0.05) is 36.4 Å². The molecule has 1 aromatic carbocycles. The van der Waals surface area contributed by atoms with Gasteiger partial charge in [-0.25, -0.2) is 14.8 Å². The number of halogens is 1. The average molecular weight is 555 g/mol. The van der Waals surface area contributed by atoms with Crippen molar-refractivity contribution >= 4 is 23.6 Å².